The number of rotatable bonds is 7. The largest absolute Gasteiger partial charge is 1.00 e. The average Bonchev–Trinajstić information content (AvgIpc) is 2.10. The zero-order valence-electron chi connectivity index (χ0n) is 9.68. The third-order valence-electron chi connectivity index (χ3n) is 2.08. The van der Waals surface area contributed by atoms with Gasteiger partial charge >= 0.3 is 62.6 Å². The van der Waals surface area contributed by atoms with Crippen LogP contribution in [0.15, 0.2) is 0 Å². The van der Waals surface area contributed by atoms with Crippen molar-refractivity contribution in [3.63, 3.8) is 0 Å². The summed E-state index contributed by atoms with van der Waals surface area (Å²) < 4.78 is 80.7. The Hall–Kier alpha value is 1.27. The summed E-state index contributed by atoms with van der Waals surface area (Å²) in [6.07, 6.45) is 0.0576. The van der Waals surface area contributed by atoms with Crippen LogP contribution in [0.1, 0.15) is 39.0 Å². The Morgan fingerprint density at radius 3 is 1.88 bits per heavy atom. The second-order valence-corrected chi connectivity index (χ2v) is 4.91. The Labute approximate surface area is 141 Å². The van der Waals surface area contributed by atoms with Crippen LogP contribution in [0.4, 0.5) is 17.6 Å². The quantitative estimate of drug-likeness (QED) is 0.282. The van der Waals surface area contributed by atoms with Crippen molar-refractivity contribution in [2.24, 2.45) is 0 Å². The van der Waals surface area contributed by atoms with E-state index in [1.165, 1.54) is 0 Å². The van der Waals surface area contributed by atoms with Crippen molar-refractivity contribution >= 4 is 10.1 Å². The standard InChI is InChI=1S/C8H14F4O3S.K/c1-2-3-4-5-6-7(9,10)8(11,12)16(13,14)15;/h2-6H2,1H3,(H,13,14,15);/q;+1/p-1. The van der Waals surface area contributed by atoms with E-state index < -0.39 is 27.7 Å². The van der Waals surface area contributed by atoms with Crippen LogP contribution in [-0.4, -0.2) is 24.1 Å². The normalized spacial score (nSPS) is 13.3. The van der Waals surface area contributed by atoms with E-state index in [4.69, 9.17) is 0 Å². The van der Waals surface area contributed by atoms with Gasteiger partial charge in [0.1, 0.15) is 0 Å². The van der Waals surface area contributed by atoms with Gasteiger partial charge in [0.2, 0.25) is 0 Å². The molecule has 98 valence electrons. The van der Waals surface area contributed by atoms with E-state index in [1.54, 1.807) is 6.92 Å². The molecule has 9 heteroatoms. The summed E-state index contributed by atoms with van der Waals surface area (Å²) in [5, 5.41) is -5.54. The van der Waals surface area contributed by atoms with E-state index in [0.717, 1.165) is 6.42 Å². The van der Waals surface area contributed by atoms with Crippen molar-refractivity contribution in [3.8, 4) is 0 Å². The van der Waals surface area contributed by atoms with Gasteiger partial charge in [0.05, 0.1) is 0 Å². The fourth-order valence-electron chi connectivity index (χ4n) is 1.10. The summed E-state index contributed by atoms with van der Waals surface area (Å²) in [7, 11) is -6.34. The van der Waals surface area contributed by atoms with Crippen molar-refractivity contribution in [1.82, 2.24) is 0 Å². The van der Waals surface area contributed by atoms with E-state index in [2.05, 4.69) is 0 Å². The molecule has 0 aliphatic heterocycles. The predicted octanol–water partition coefficient (Wildman–Crippen LogP) is -0.266. The Kier molecular flexibility index (Phi) is 9.39. The molecule has 17 heavy (non-hydrogen) atoms. The van der Waals surface area contributed by atoms with Crippen molar-refractivity contribution in [2.75, 3.05) is 0 Å². The number of hydrogen-bond acceptors (Lipinski definition) is 3. The fraction of sp³-hybridized carbons (Fsp3) is 1.00. The third-order valence-corrected chi connectivity index (χ3v) is 3.01. The first kappa shape index (κ1) is 20.6. The predicted molar refractivity (Wildman–Crippen MR) is 48.4 cm³/mol. The number of hydrogen-bond donors (Lipinski definition) is 0. The summed E-state index contributed by atoms with van der Waals surface area (Å²) in [4.78, 5) is 0. The van der Waals surface area contributed by atoms with E-state index >= 15 is 0 Å². The van der Waals surface area contributed by atoms with Crippen molar-refractivity contribution in [1.29, 1.82) is 0 Å². The van der Waals surface area contributed by atoms with E-state index in [0.29, 0.717) is 12.8 Å². The molecule has 0 atom stereocenters. The Bertz CT molecular complexity index is 319. The zero-order valence-corrected chi connectivity index (χ0v) is 13.6. The SMILES string of the molecule is CCCCCCC(F)(F)C(F)(F)S(=O)(=O)[O-].[K+]. The minimum absolute atomic E-state index is 0. The van der Waals surface area contributed by atoms with Gasteiger partial charge in [-0.05, 0) is 6.42 Å². The maximum absolute atomic E-state index is 12.8. The van der Waals surface area contributed by atoms with Gasteiger partial charge in [-0.15, -0.1) is 0 Å². The minimum atomic E-state index is -6.34. The molecule has 0 bridgehead atoms. The molecule has 0 unspecified atom stereocenters. The van der Waals surface area contributed by atoms with Crippen molar-refractivity contribution in [3.05, 3.63) is 0 Å². The zero-order chi connectivity index (χ0) is 13.0. The van der Waals surface area contributed by atoms with Crippen LogP contribution in [0.25, 0.3) is 0 Å². The van der Waals surface area contributed by atoms with Gasteiger partial charge in [0.15, 0.2) is 10.1 Å². The van der Waals surface area contributed by atoms with Gasteiger partial charge in [0, 0.05) is 6.42 Å². The van der Waals surface area contributed by atoms with E-state index in [9.17, 15) is 30.5 Å². The molecule has 0 aromatic carbocycles. The minimum Gasteiger partial charge on any atom is -0.743 e. The van der Waals surface area contributed by atoms with Crippen LogP contribution in [0.5, 0.6) is 0 Å². The van der Waals surface area contributed by atoms with Gasteiger partial charge in [-0.1, -0.05) is 26.2 Å². The molecule has 0 spiro atoms. The molecule has 0 radical (unpaired) electrons. The van der Waals surface area contributed by atoms with Crippen molar-refractivity contribution in [2.45, 2.75) is 50.2 Å². The van der Waals surface area contributed by atoms with Crippen LogP contribution in [-0.2, 0) is 10.1 Å². The molecular weight excluding hydrogens is 291 g/mol. The Balaban J connectivity index is 0. The molecule has 0 amide bonds. The maximum atomic E-state index is 12.8. The van der Waals surface area contributed by atoms with Crippen LogP contribution in [0.2, 0.25) is 0 Å². The number of unbranched alkanes of at least 4 members (excludes halogenated alkanes) is 3. The maximum Gasteiger partial charge on any atom is 1.00 e. The monoisotopic (exact) mass is 304 g/mol. The molecule has 0 N–H and O–H groups in total. The molecule has 0 saturated heterocycles. The number of alkyl halides is 4. The molecule has 0 heterocycles. The summed E-state index contributed by atoms with van der Waals surface area (Å²) in [6, 6.07) is 0. The first-order valence-corrected chi connectivity index (χ1v) is 6.18. The van der Waals surface area contributed by atoms with Crippen LogP contribution in [0, 0.1) is 0 Å². The third kappa shape index (κ3) is 5.83. The van der Waals surface area contributed by atoms with Crippen LogP contribution in [0.3, 0.4) is 0 Å². The molecule has 0 saturated carbocycles. The first-order valence-electron chi connectivity index (χ1n) is 4.77. The molecular formula is C8H13F4KO3S. The van der Waals surface area contributed by atoms with Gasteiger partial charge in [-0.2, -0.15) is 17.6 Å². The number of halogens is 4. The average molecular weight is 304 g/mol. The smallest absolute Gasteiger partial charge is 0.743 e. The Morgan fingerprint density at radius 2 is 1.53 bits per heavy atom. The molecule has 0 aliphatic rings. The molecule has 0 rings (SSSR count). The summed E-state index contributed by atoms with van der Waals surface area (Å²) in [5.74, 6) is -4.80. The molecule has 3 nitrogen and oxygen atoms in total. The summed E-state index contributed by atoms with van der Waals surface area (Å²) in [6.45, 7) is 1.80. The first-order chi connectivity index (χ1) is 7.06. The topological polar surface area (TPSA) is 57.2 Å². The molecule has 0 aromatic rings. The summed E-state index contributed by atoms with van der Waals surface area (Å²) in [5.41, 5.74) is 0. The van der Waals surface area contributed by atoms with Crippen LogP contribution < -0.4 is 51.4 Å². The molecule has 0 fully saturated rings. The second-order valence-electron chi connectivity index (χ2n) is 3.49. The second kappa shape index (κ2) is 7.76. The van der Waals surface area contributed by atoms with Crippen molar-refractivity contribution < 1.29 is 81.9 Å². The van der Waals surface area contributed by atoms with Crippen LogP contribution >= 0.6 is 0 Å². The van der Waals surface area contributed by atoms with E-state index in [-0.39, 0.29) is 57.8 Å². The van der Waals surface area contributed by atoms with Gasteiger partial charge in [0.25, 0.3) is 0 Å². The van der Waals surface area contributed by atoms with Gasteiger partial charge in [-0.25, -0.2) is 8.42 Å². The fourth-order valence-corrected chi connectivity index (χ4v) is 1.57. The molecule has 0 aliphatic carbocycles. The summed E-state index contributed by atoms with van der Waals surface area (Å²) >= 11 is 0. The Morgan fingerprint density at radius 1 is 1.06 bits per heavy atom. The molecule has 0 aromatic heterocycles. The van der Waals surface area contributed by atoms with Gasteiger partial charge in [-0.3, -0.25) is 0 Å². The van der Waals surface area contributed by atoms with Gasteiger partial charge < -0.3 is 4.55 Å². The van der Waals surface area contributed by atoms with E-state index in [1.807, 2.05) is 0 Å².